The maximum Gasteiger partial charge on any atom is 0.242 e. The van der Waals surface area contributed by atoms with Crippen LogP contribution in [0.4, 0.5) is 0 Å². The number of carbonyl (C=O) groups is 2. The maximum atomic E-state index is 13.1. The molecule has 3 heterocycles. The highest BCUT2D eigenvalue weighted by Crippen LogP contribution is 2.23. The third-order valence-corrected chi connectivity index (χ3v) is 10.4. The highest BCUT2D eigenvalue weighted by atomic mass is 35.5. The van der Waals surface area contributed by atoms with Crippen LogP contribution in [0, 0.1) is 0 Å². The summed E-state index contributed by atoms with van der Waals surface area (Å²) in [6.45, 7) is 0.584. The summed E-state index contributed by atoms with van der Waals surface area (Å²) in [5, 5.41) is 1.29. The van der Waals surface area contributed by atoms with Gasteiger partial charge in [0.1, 0.15) is 6.04 Å². The summed E-state index contributed by atoms with van der Waals surface area (Å²) in [7, 11) is -7.72. The molecule has 0 aliphatic carbocycles. The topological polar surface area (TPSA) is 133 Å². The quantitative estimate of drug-likeness (QED) is 0.413. The van der Waals surface area contributed by atoms with E-state index >= 15 is 0 Å². The van der Waals surface area contributed by atoms with Crippen molar-refractivity contribution in [2.75, 3.05) is 26.2 Å². The standard InChI is InChI=1S/C24H28Cl2N4O6S3/c25-17-4-1-6-20(14-17)39(35,36)27-15-18-5-2-12-30(18)23(31)16-29-11-3-7-21(24(29)32)28-38(33,34)13-10-19-8-9-22(26)37-19/h1,4,6,8-10,13-14,18,21,27-28H,2-3,5,7,11-12,15-16H2/t18-,21+/m1/s1. The van der Waals surface area contributed by atoms with Gasteiger partial charge in [0, 0.05) is 41.0 Å². The third kappa shape index (κ3) is 8.03. The lowest BCUT2D eigenvalue weighted by Crippen LogP contribution is -2.55. The van der Waals surface area contributed by atoms with E-state index in [0.717, 1.165) is 5.41 Å². The number of halogens is 2. The van der Waals surface area contributed by atoms with Crippen molar-refractivity contribution in [3.05, 3.63) is 56.0 Å². The normalized spacial score (nSPS) is 20.7. The van der Waals surface area contributed by atoms with Crippen LogP contribution in [0.2, 0.25) is 9.36 Å². The lowest BCUT2D eigenvalue weighted by Gasteiger charge is -2.34. The second-order valence-electron chi connectivity index (χ2n) is 9.25. The zero-order valence-corrected chi connectivity index (χ0v) is 24.7. The minimum absolute atomic E-state index is 0.0265. The van der Waals surface area contributed by atoms with Crippen molar-refractivity contribution >= 4 is 72.5 Å². The van der Waals surface area contributed by atoms with Crippen LogP contribution >= 0.6 is 34.5 Å². The summed E-state index contributed by atoms with van der Waals surface area (Å²) < 4.78 is 55.9. The molecule has 2 aliphatic rings. The molecular weight excluding hydrogens is 607 g/mol. The fraction of sp³-hybridized carbons (Fsp3) is 0.417. The van der Waals surface area contributed by atoms with Crippen molar-refractivity contribution in [1.82, 2.24) is 19.2 Å². The van der Waals surface area contributed by atoms with Crippen LogP contribution in [-0.4, -0.2) is 76.7 Å². The van der Waals surface area contributed by atoms with Gasteiger partial charge in [0.05, 0.1) is 15.8 Å². The molecule has 2 N–H and O–H groups in total. The van der Waals surface area contributed by atoms with Crippen LogP contribution < -0.4 is 9.44 Å². The number of hydrogen-bond acceptors (Lipinski definition) is 7. The molecule has 4 rings (SSSR count). The van der Waals surface area contributed by atoms with Crippen LogP contribution in [-0.2, 0) is 29.6 Å². The predicted octanol–water partition coefficient (Wildman–Crippen LogP) is 2.91. The monoisotopic (exact) mass is 634 g/mol. The molecule has 2 saturated heterocycles. The number of sulfonamides is 2. The number of rotatable bonds is 10. The third-order valence-electron chi connectivity index (χ3n) is 6.48. The van der Waals surface area contributed by atoms with Crippen LogP contribution in [0.1, 0.15) is 30.6 Å². The van der Waals surface area contributed by atoms with Crippen molar-refractivity contribution in [2.45, 2.75) is 42.7 Å². The zero-order valence-electron chi connectivity index (χ0n) is 20.8. The predicted molar refractivity (Wildman–Crippen MR) is 151 cm³/mol. The molecular formula is C24H28Cl2N4O6S3. The van der Waals surface area contributed by atoms with Gasteiger partial charge in [-0.3, -0.25) is 9.59 Å². The van der Waals surface area contributed by atoms with E-state index in [0.29, 0.717) is 53.0 Å². The van der Waals surface area contributed by atoms with Gasteiger partial charge >= 0.3 is 0 Å². The minimum atomic E-state index is -3.91. The number of thiophene rings is 1. The molecule has 212 valence electrons. The van der Waals surface area contributed by atoms with E-state index in [2.05, 4.69) is 9.44 Å². The molecule has 2 aromatic rings. The van der Waals surface area contributed by atoms with E-state index < -0.39 is 32.0 Å². The molecule has 2 amide bonds. The van der Waals surface area contributed by atoms with E-state index in [1.165, 1.54) is 34.4 Å². The number of carbonyl (C=O) groups excluding carboxylic acids is 2. The first-order valence-electron chi connectivity index (χ1n) is 12.2. The highest BCUT2D eigenvalue weighted by molar-refractivity contribution is 7.92. The van der Waals surface area contributed by atoms with E-state index in [1.807, 2.05) is 0 Å². The summed E-state index contributed by atoms with van der Waals surface area (Å²) in [5.74, 6) is -0.783. The van der Waals surface area contributed by atoms with Crippen molar-refractivity contribution in [1.29, 1.82) is 0 Å². The Kier molecular flexibility index (Phi) is 9.74. The molecule has 2 aliphatic heterocycles. The number of piperidine rings is 1. The molecule has 0 saturated carbocycles. The Morgan fingerprint density at radius 3 is 2.56 bits per heavy atom. The first-order chi connectivity index (χ1) is 18.4. The Balaban J connectivity index is 1.33. The number of benzene rings is 1. The van der Waals surface area contributed by atoms with Gasteiger partial charge in [-0.05, 0) is 62.1 Å². The van der Waals surface area contributed by atoms with E-state index in [9.17, 15) is 26.4 Å². The molecule has 2 atom stereocenters. The summed E-state index contributed by atoms with van der Waals surface area (Å²) in [6.07, 6.45) is 3.56. The lowest BCUT2D eigenvalue weighted by atomic mass is 10.1. The van der Waals surface area contributed by atoms with Crippen LogP contribution in [0.5, 0.6) is 0 Å². The molecule has 39 heavy (non-hydrogen) atoms. The van der Waals surface area contributed by atoms with Gasteiger partial charge in [0.15, 0.2) is 0 Å². The number of nitrogens with one attached hydrogen (secondary N) is 2. The SMILES string of the molecule is O=C1[C@@H](NS(=O)(=O)C=Cc2ccc(Cl)s2)CCCN1CC(=O)N1CCC[C@@H]1CNS(=O)(=O)c1cccc(Cl)c1. The van der Waals surface area contributed by atoms with E-state index in [-0.39, 0.29) is 29.9 Å². The summed E-state index contributed by atoms with van der Waals surface area (Å²) in [5.41, 5.74) is 0. The molecule has 1 aromatic carbocycles. The number of likely N-dealkylation sites (tertiary alicyclic amines) is 2. The van der Waals surface area contributed by atoms with Gasteiger partial charge < -0.3 is 9.80 Å². The van der Waals surface area contributed by atoms with Crippen molar-refractivity contribution in [3.63, 3.8) is 0 Å². The minimum Gasteiger partial charge on any atom is -0.337 e. The second kappa shape index (κ2) is 12.7. The second-order valence-corrected chi connectivity index (χ2v) is 14.8. The van der Waals surface area contributed by atoms with Crippen LogP contribution in [0.3, 0.4) is 0 Å². The van der Waals surface area contributed by atoms with Crippen molar-refractivity contribution in [2.24, 2.45) is 0 Å². The molecule has 15 heteroatoms. The first kappa shape index (κ1) is 30.0. The van der Waals surface area contributed by atoms with Crippen molar-refractivity contribution in [3.8, 4) is 0 Å². The Hall–Kier alpha value is -2.00. The Labute approximate surface area is 242 Å². The smallest absolute Gasteiger partial charge is 0.242 e. The summed E-state index contributed by atoms with van der Waals surface area (Å²) in [4.78, 5) is 29.8. The molecule has 0 bridgehead atoms. The fourth-order valence-electron chi connectivity index (χ4n) is 4.57. The van der Waals surface area contributed by atoms with Crippen LogP contribution in [0.15, 0.2) is 46.7 Å². The summed E-state index contributed by atoms with van der Waals surface area (Å²) >= 11 is 13.0. The van der Waals surface area contributed by atoms with Crippen LogP contribution in [0.25, 0.3) is 6.08 Å². The van der Waals surface area contributed by atoms with Gasteiger partial charge in [0.2, 0.25) is 31.9 Å². The molecule has 0 radical (unpaired) electrons. The van der Waals surface area contributed by atoms with E-state index in [1.54, 1.807) is 29.2 Å². The molecule has 10 nitrogen and oxygen atoms in total. The lowest BCUT2D eigenvalue weighted by molar-refractivity contribution is -0.143. The van der Waals surface area contributed by atoms with Gasteiger partial charge in [-0.1, -0.05) is 29.3 Å². The van der Waals surface area contributed by atoms with Gasteiger partial charge in [-0.25, -0.2) is 21.6 Å². The van der Waals surface area contributed by atoms with Gasteiger partial charge in [-0.2, -0.15) is 4.72 Å². The Morgan fingerprint density at radius 1 is 1.08 bits per heavy atom. The average molecular weight is 636 g/mol. The summed E-state index contributed by atoms with van der Waals surface area (Å²) in [6, 6.07) is 7.91. The van der Waals surface area contributed by atoms with Gasteiger partial charge in [0.25, 0.3) is 0 Å². The molecule has 0 unspecified atom stereocenters. The Bertz CT molecular complexity index is 1460. The zero-order chi connectivity index (χ0) is 28.2. The number of amides is 2. The number of hydrogen-bond donors (Lipinski definition) is 2. The Morgan fingerprint density at radius 2 is 1.85 bits per heavy atom. The highest BCUT2D eigenvalue weighted by Gasteiger charge is 2.35. The first-order valence-corrected chi connectivity index (χ1v) is 16.8. The van der Waals surface area contributed by atoms with Gasteiger partial charge in [-0.15, -0.1) is 11.3 Å². The maximum absolute atomic E-state index is 13.1. The average Bonchev–Trinajstić information content (AvgIpc) is 3.53. The molecule has 1 aromatic heterocycles. The molecule has 0 spiro atoms. The fourth-order valence-corrected chi connectivity index (χ4v) is 8.02. The largest absolute Gasteiger partial charge is 0.337 e. The number of nitrogens with zero attached hydrogens (tertiary/aromatic N) is 2. The molecule has 2 fully saturated rings. The van der Waals surface area contributed by atoms with E-state index in [4.69, 9.17) is 23.2 Å². The van der Waals surface area contributed by atoms with Crippen molar-refractivity contribution < 1.29 is 26.4 Å².